The van der Waals surface area contributed by atoms with Gasteiger partial charge in [-0.15, -0.1) is 0 Å². The zero-order chi connectivity index (χ0) is 28.7. The van der Waals surface area contributed by atoms with Gasteiger partial charge in [0, 0.05) is 30.3 Å². The smallest absolute Gasteiger partial charge is 0.331 e. The lowest BCUT2D eigenvalue weighted by molar-refractivity contribution is -0.141. The van der Waals surface area contributed by atoms with Crippen LogP contribution in [0.5, 0.6) is 0 Å². The summed E-state index contributed by atoms with van der Waals surface area (Å²) in [5.41, 5.74) is 0.985. The maximum Gasteiger partial charge on any atom is 0.331 e. The lowest BCUT2D eigenvalue weighted by Crippen LogP contribution is -2.61. The third-order valence-electron chi connectivity index (χ3n) is 6.90. The van der Waals surface area contributed by atoms with Gasteiger partial charge in [-0.05, 0) is 49.9 Å². The predicted molar refractivity (Wildman–Crippen MR) is 151 cm³/mol. The van der Waals surface area contributed by atoms with E-state index in [0.717, 1.165) is 17.8 Å². The van der Waals surface area contributed by atoms with Gasteiger partial charge in [-0.1, -0.05) is 66.7 Å². The van der Waals surface area contributed by atoms with Crippen molar-refractivity contribution < 1.29 is 19.5 Å². The molecule has 208 valence electrons. The highest BCUT2D eigenvalue weighted by Gasteiger charge is 2.41. The number of nitrogens with zero attached hydrogens (tertiary/aromatic N) is 1. The minimum atomic E-state index is -1.02. The number of aliphatic carboxylic acids is 1. The first-order valence-electron chi connectivity index (χ1n) is 13.0. The molecule has 1 aromatic carbocycles. The highest BCUT2D eigenvalue weighted by atomic mass is 16.4. The monoisotopic (exact) mass is 516 g/mol. The quantitative estimate of drug-likeness (QED) is 0.312. The number of carbonyl (C=O) groups is 3. The Bertz CT molecular complexity index is 978. The van der Waals surface area contributed by atoms with E-state index in [-0.39, 0.29) is 23.3 Å². The molecular weight excluding hydrogens is 468 g/mol. The highest BCUT2D eigenvalue weighted by Crippen LogP contribution is 2.30. The Morgan fingerprint density at radius 1 is 1.08 bits per heavy atom. The molecule has 0 fully saturated rings. The maximum atomic E-state index is 13.8. The van der Waals surface area contributed by atoms with Crippen LogP contribution in [0.1, 0.15) is 67.9 Å². The third kappa shape index (κ3) is 8.32. The van der Waals surface area contributed by atoms with Crippen LogP contribution in [-0.2, 0) is 19.8 Å². The van der Waals surface area contributed by atoms with Gasteiger partial charge in [0.1, 0.15) is 6.04 Å². The van der Waals surface area contributed by atoms with E-state index >= 15 is 0 Å². The molecule has 8 nitrogen and oxygen atoms in total. The molecule has 8 heteroatoms. The number of benzene rings is 1. The molecule has 0 spiro atoms. The van der Waals surface area contributed by atoms with E-state index < -0.39 is 34.9 Å². The van der Waals surface area contributed by atoms with Crippen molar-refractivity contribution in [3.05, 3.63) is 41.5 Å². The molecule has 37 heavy (non-hydrogen) atoms. The number of carbonyl (C=O) groups excluding carboxylic acids is 2. The zero-order valence-electron chi connectivity index (χ0n) is 24.5. The Labute approximate surface area is 223 Å². The summed E-state index contributed by atoms with van der Waals surface area (Å²) >= 11 is 0. The van der Waals surface area contributed by atoms with Gasteiger partial charge in [-0.25, -0.2) is 4.79 Å². The van der Waals surface area contributed by atoms with E-state index in [9.17, 15) is 19.5 Å². The highest BCUT2D eigenvalue weighted by molar-refractivity contribution is 5.91. The van der Waals surface area contributed by atoms with Gasteiger partial charge in [-0.3, -0.25) is 9.59 Å². The molecule has 0 unspecified atom stereocenters. The van der Waals surface area contributed by atoms with E-state index in [0.29, 0.717) is 0 Å². The van der Waals surface area contributed by atoms with Crippen LogP contribution in [0.2, 0.25) is 0 Å². The number of anilines is 1. The van der Waals surface area contributed by atoms with Crippen molar-refractivity contribution in [2.75, 3.05) is 26.0 Å². The van der Waals surface area contributed by atoms with Crippen molar-refractivity contribution in [2.24, 2.45) is 11.3 Å². The van der Waals surface area contributed by atoms with Gasteiger partial charge in [0.2, 0.25) is 11.8 Å². The number of hydrogen-bond donors (Lipinski definition) is 4. The Morgan fingerprint density at radius 2 is 1.68 bits per heavy atom. The predicted octanol–water partition coefficient (Wildman–Crippen LogP) is 4.03. The molecule has 0 aliphatic heterocycles. The molecule has 0 aromatic heterocycles. The number of carboxylic acids is 1. The molecule has 0 aliphatic rings. The molecule has 0 heterocycles. The summed E-state index contributed by atoms with van der Waals surface area (Å²) in [6.45, 7) is 18.0. The Kier molecular flexibility index (Phi) is 11.4. The first-order valence-corrected chi connectivity index (χ1v) is 13.0. The van der Waals surface area contributed by atoms with E-state index in [4.69, 9.17) is 0 Å². The number of hydrogen-bond acceptors (Lipinski definition) is 5. The third-order valence-corrected chi connectivity index (χ3v) is 6.90. The molecule has 0 saturated heterocycles. The lowest BCUT2D eigenvalue weighted by Gasteiger charge is -2.40. The average molecular weight is 517 g/mol. The molecule has 0 saturated carbocycles. The molecule has 1 aromatic rings. The maximum absolute atomic E-state index is 13.8. The van der Waals surface area contributed by atoms with E-state index in [1.165, 1.54) is 6.92 Å². The van der Waals surface area contributed by atoms with E-state index in [2.05, 4.69) is 16.0 Å². The molecule has 0 radical (unpaired) electrons. The summed E-state index contributed by atoms with van der Waals surface area (Å²) in [7, 11) is 3.41. The SMILES string of the molecule is CCNc1cccc(C(C)(C)[C@H](NC)C(=O)N[C@H](C(=O)N(C)[C@H](/C=C(\C)C(=O)O)C(C)C)C(C)(C)C)c1. The summed E-state index contributed by atoms with van der Waals surface area (Å²) in [5, 5.41) is 18.9. The van der Waals surface area contributed by atoms with Crippen molar-refractivity contribution in [1.29, 1.82) is 0 Å². The second-order valence-electron chi connectivity index (χ2n) is 11.7. The number of likely N-dealkylation sites (N-methyl/N-ethyl adjacent to an activating group) is 2. The van der Waals surface area contributed by atoms with Crippen LogP contribution in [0.3, 0.4) is 0 Å². The lowest BCUT2D eigenvalue weighted by atomic mass is 9.76. The van der Waals surface area contributed by atoms with Crippen molar-refractivity contribution in [1.82, 2.24) is 15.5 Å². The Balaban J connectivity index is 3.33. The van der Waals surface area contributed by atoms with Crippen LogP contribution >= 0.6 is 0 Å². The number of nitrogens with one attached hydrogen (secondary N) is 3. The normalized spacial score (nSPS) is 15.1. The molecule has 0 bridgehead atoms. The van der Waals surface area contributed by atoms with Crippen molar-refractivity contribution in [3.8, 4) is 0 Å². The van der Waals surface area contributed by atoms with Gasteiger partial charge in [0.05, 0.1) is 12.1 Å². The minimum Gasteiger partial charge on any atom is -0.478 e. The molecule has 1 rings (SSSR count). The second kappa shape index (κ2) is 13.1. The number of amides is 2. The van der Waals surface area contributed by atoms with Gasteiger partial charge in [0.15, 0.2) is 0 Å². The Hall–Kier alpha value is -2.87. The molecular formula is C29H48N4O4. The largest absolute Gasteiger partial charge is 0.478 e. The fraction of sp³-hybridized carbons (Fsp3) is 0.621. The second-order valence-corrected chi connectivity index (χ2v) is 11.7. The summed E-state index contributed by atoms with van der Waals surface area (Å²) < 4.78 is 0. The first-order chi connectivity index (χ1) is 17.0. The van der Waals surface area contributed by atoms with Crippen LogP contribution in [0.25, 0.3) is 0 Å². The van der Waals surface area contributed by atoms with E-state index in [1.807, 2.05) is 79.7 Å². The molecule has 2 amide bonds. The zero-order valence-corrected chi connectivity index (χ0v) is 24.5. The topological polar surface area (TPSA) is 111 Å². The molecule has 3 atom stereocenters. The fourth-order valence-electron chi connectivity index (χ4n) is 4.52. The van der Waals surface area contributed by atoms with Crippen LogP contribution in [0, 0.1) is 11.3 Å². The van der Waals surface area contributed by atoms with Crippen LogP contribution in [-0.4, -0.2) is 66.6 Å². The molecule has 4 N–H and O–H groups in total. The van der Waals surface area contributed by atoms with Gasteiger partial charge >= 0.3 is 5.97 Å². The Morgan fingerprint density at radius 3 is 2.14 bits per heavy atom. The van der Waals surface area contributed by atoms with Crippen molar-refractivity contribution >= 4 is 23.5 Å². The summed E-state index contributed by atoms with van der Waals surface area (Å²) in [4.78, 5) is 40.5. The summed E-state index contributed by atoms with van der Waals surface area (Å²) in [5.74, 6) is -1.59. The van der Waals surface area contributed by atoms with Gasteiger partial charge in [-0.2, -0.15) is 0 Å². The van der Waals surface area contributed by atoms with Crippen molar-refractivity contribution in [3.63, 3.8) is 0 Å². The minimum absolute atomic E-state index is 0.0208. The number of carboxylic acid groups (broad SMARTS) is 1. The van der Waals surface area contributed by atoms with E-state index in [1.54, 1.807) is 25.1 Å². The summed E-state index contributed by atoms with van der Waals surface area (Å²) in [6.07, 6.45) is 1.60. The fourth-order valence-corrected chi connectivity index (χ4v) is 4.52. The van der Waals surface area contributed by atoms with Crippen LogP contribution in [0.4, 0.5) is 5.69 Å². The standard InChI is InChI=1S/C29H48N4O4/c1-12-31-21-15-13-14-20(17-21)29(8,9)23(30-10)25(34)32-24(28(5,6)7)26(35)33(11)22(18(2)3)16-19(4)27(36)37/h13-18,22-24,30-31H,12H2,1-11H3,(H,32,34)(H,36,37)/b19-16+/t22-,23-,24-/m1/s1. The van der Waals surface area contributed by atoms with Gasteiger partial charge < -0.3 is 26.0 Å². The van der Waals surface area contributed by atoms with Crippen LogP contribution < -0.4 is 16.0 Å². The number of rotatable bonds is 12. The first kappa shape index (κ1) is 32.2. The van der Waals surface area contributed by atoms with Gasteiger partial charge in [0.25, 0.3) is 0 Å². The summed E-state index contributed by atoms with van der Waals surface area (Å²) in [6, 6.07) is 6.15. The van der Waals surface area contributed by atoms with Crippen LogP contribution in [0.15, 0.2) is 35.9 Å². The average Bonchev–Trinajstić information content (AvgIpc) is 2.79. The van der Waals surface area contributed by atoms with Crippen molar-refractivity contribution in [2.45, 2.75) is 85.9 Å². The molecule has 0 aliphatic carbocycles.